The van der Waals surface area contributed by atoms with E-state index in [4.69, 9.17) is 17.3 Å². The van der Waals surface area contributed by atoms with Crippen LogP contribution in [0.3, 0.4) is 0 Å². The Balaban J connectivity index is 2.43. The number of nitrogen functional groups attached to an aromatic ring is 1. The number of hydrogen-bond acceptors (Lipinski definition) is 4. The molecule has 1 heterocycles. The first-order chi connectivity index (χ1) is 9.29. The Morgan fingerprint density at radius 3 is 2.65 bits per heavy atom. The lowest BCUT2D eigenvalue weighted by Crippen LogP contribution is -2.15. The summed E-state index contributed by atoms with van der Waals surface area (Å²) in [5, 5.41) is 0.179. The van der Waals surface area contributed by atoms with E-state index in [0.29, 0.717) is 0 Å². The van der Waals surface area contributed by atoms with Crippen LogP contribution in [-0.2, 0) is 10.0 Å². The van der Waals surface area contributed by atoms with Gasteiger partial charge in [-0.2, -0.15) is 0 Å². The standard InChI is InChI=1S/C11H8BrClFN3O2S/c12-11-8(15)3-6(13)4-9(11)20(18,19)17-10-2-1-7(14)5-16-10/h1-5H,15H2,(H,16,17). The predicted octanol–water partition coefficient (Wildman–Crippen LogP) is 3.02. The number of nitrogens with zero attached hydrogens (tertiary/aromatic N) is 1. The molecule has 5 nitrogen and oxygen atoms in total. The molecule has 0 amide bonds. The maximum Gasteiger partial charge on any atom is 0.264 e. The zero-order valence-corrected chi connectivity index (χ0v) is 12.9. The van der Waals surface area contributed by atoms with Gasteiger partial charge in [0.15, 0.2) is 0 Å². The van der Waals surface area contributed by atoms with Crippen molar-refractivity contribution in [2.24, 2.45) is 0 Å². The first kappa shape index (κ1) is 15.0. The van der Waals surface area contributed by atoms with Gasteiger partial charge < -0.3 is 5.73 Å². The molecule has 0 spiro atoms. The van der Waals surface area contributed by atoms with Crippen molar-refractivity contribution in [1.29, 1.82) is 0 Å². The highest BCUT2D eigenvalue weighted by molar-refractivity contribution is 9.10. The van der Waals surface area contributed by atoms with E-state index in [1.165, 1.54) is 18.2 Å². The summed E-state index contributed by atoms with van der Waals surface area (Å²) < 4.78 is 39.6. The summed E-state index contributed by atoms with van der Waals surface area (Å²) in [5.74, 6) is -0.585. The molecule has 0 aliphatic heterocycles. The molecule has 0 radical (unpaired) electrons. The predicted molar refractivity (Wildman–Crippen MR) is 78.6 cm³/mol. The number of rotatable bonds is 3. The molecular weight excluding hydrogens is 373 g/mol. The minimum Gasteiger partial charge on any atom is -0.398 e. The van der Waals surface area contributed by atoms with Crippen molar-refractivity contribution in [2.75, 3.05) is 10.5 Å². The van der Waals surface area contributed by atoms with Gasteiger partial charge in [0.05, 0.1) is 10.7 Å². The fourth-order valence-corrected chi connectivity index (χ4v) is 3.71. The Hall–Kier alpha value is -1.38. The van der Waals surface area contributed by atoms with E-state index < -0.39 is 15.8 Å². The van der Waals surface area contributed by atoms with Crippen molar-refractivity contribution in [2.45, 2.75) is 4.90 Å². The molecule has 1 aromatic carbocycles. The molecule has 3 N–H and O–H groups in total. The first-order valence-corrected chi connectivity index (χ1v) is 7.84. The minimum atomic E-state index is -3.95. The number of anilines is 2. The Kier molecular flexibility index (Phi) is 4.17. The third kappa shape index (κ3) is 3.20. The van der Waals surface area contributed by atoms with Crippen LogP contribution in [0.25, 0.3) is 0 Å². The molecule has 0 fully saturated rings. The lowest BCUT2D eigenvalue weighted by molar-refractivity contribution is 0.600. The van der Waals surface area contributed by atoms with Crippen molar-refractivity contribution in [3.8, 4) is 0 Å². The Bertz CT molecular complexity index is 753. The quantitative estimate of drug-likeness (QED) is 0.802. The maximum atomic E-state index is 12.7. The third-order valence-electron chi connectivity index (χ3n) is 2.29. The van der Waals surface area contributed by atoms with Crippen molar-refractivity contribution in [3.05, 3.63) is 45.8 Å². The SMILES string of the molecule is Nc1cc(Cl)cc(S(=O)(=O)Nc2ccc(F)cn2)c1Br. The smallest absolute Gasteiger partial charge is 0.264 e. The van der Waals surface area contributed by atoms with Crippen LogP contribution in [0, 0.1) is 5.82 Å². The van der Waals surface area contributed by atoms with Gasteiger partial charge in [0, 0.05) is 10.7 Å². The van der Waals surface area contributed by atoms with Gasteiger partial charge in [0.2, 0.25) is 0 Å². The maximum absolute atomic E-state index is 12.7. The van der Waals surface area contributed by atoms with E-state index >= 15 is 0 Å². The molecule has 0 saturated carbocycles. The Morgan fingerprint density at radius 2 is 2.05 bits per heavy atom. The first-order valence-electron chi connectivity index (χ1n) is 5.18. The van der Waals surface area contributed by atoms with Gasteiger partial charge in [-0.15, -0.1) is 0 Å². The van der Waals surface area contributed by atoms with E-state index in [0.717, 1.165) is 12.3 Å². The molecular formula is C11H8BrClFN3O2S. The highest BCUT2D eigenvalue weighted by Crippen LogP contribution is 2.32. The molecule has 0 aliphatic carbocycles. The second kappa shape index (κ2) is 5.55. The second-order valence-corrected chi connectivity index (χ2v) is 6.65. The summed E-state index contributed by atoms with van der Waals surface area (Å²) in [7, 11) is -3.95. The lowest BCUT2D eigenvalue weighted by atomic mass is 10.3. The van der Waals surface area contributed by atoms with Gasteiger partial charge in [-0.1, -0.05) is 11.6 Å². The van der Waals surface area contributed by atoms with Crippen molar-refractivity contribution >= 4 is 49.1 Å². The highest BCUT2D eigenvalue weighted by atomic mass is 79.9. The van der Waals surface area contributed by atoms with Crippen LogP contribution >= 0.6 is 27.5 Å². The van der Waals surface area contributed by atoms with Gasteiger partial charge in [0.1, 0.15) is 16.5 Å². The number of nitrogens with one attached hydrogen (secondary N) is 1. The van der Waals surface area contributed by atoms with Crippen LogP contribution in [0.1, 0.15) is 0 Å². The average molecular weight is 381 g/mol. The summed E-state index contributed by atoms with van der Waals surface area (Å²) in [4.78, 5) is 3.49. The van der Waals surface area contributed by atoms with Gasteiger partial charge >= 0.3 is 0 Å². The molecule has 0 saturated heterocycles. The average Bonchev–Trinajstić information content (AvgIpc) is 2.36. The zero-order chi connectivity index (χ0) is 14.9. The Morgan fingerprint density at radius 1 is 1.35 bits per heavy atom. The Labute approximate surface area is 128 Å². The molecule has 0 unspecified atom stereocenters. The fraction of sp³-hybridized carbons (Fsp3) is 0. The lowest BCUT2D eigenvalue weighted by Gasteiger charge is -2.11. The number of halogens is 3. The van der Waals surface area contributed by atoms with E-state index in [1.54, 1.807) is 0 Å². The summed E-state index contributed by atoms with van der Waals surface area (Å²) in [6, 6.07) is 4.95. The minimum absolute atomic E-state index is 0.0168. The molecule has 2 aromatic rings. The molecule has 1 aromatic heterocycles. The second-order valence-electron chi connectivity index (χ2n) is 3.77. The number of pyridine rings is 1. The molecule has 106 valence electrons. The van der Waals surface area contributed by atoms with E-state index in [1.807, 2.05) is 0 Å². The molecule has 0 aliphatic rings. The summed E-state index contributed by atoms with van der Waals surface area (Å²) >= 11 is 8.89. The van der Waals surface area contributed by atoms with Crippen LogP contribution in [0.5, 0.6) is 0 Å². The number of benzene rings is 1. The number of aromatic nitrogens is 1. The van der Waals surface area contributed by atoms with Gasteiger partial charge in [-0.3, -0.25) is 4.72 Å². The van der Waals surface area contributed by atoms with Crippen LogP contribution in [0.15, 0.2) is 39.8 Å². The van der Waals surface area contributed by atoms with Crippen molar-refractivity contribution < 1.29 is 12.8 Å². The van der Waals surface area contributed by atoms with Crippen LogP contribution in [0.4, 0.5) is 15.9 Å². The van der Waals surface area contributed by atoms with E-state index in [2.05, 4.69) is 25.6 Å². The van der Waals surface area contributed by atoms with Gasteiger partial charge in [-0.25, -0.2) is 17.8 Å². The molecule has 0 bridgehead atoms. The molecule has 9 heteroatoms. The number of hydrogen-bond donors (Lipinski definition) is 2. The molecule has 2 rings (SSSR count). The van der Waals surface area contributed by atoms with E-state index in [9.17, 15) is 12.8 Å². The summed E-state index contributed by atoms with van der Waals surface area (Å²) in [6.45, 7) is 0. The van der Waals surface area contributed by atoms with Gasteiger partial charge in [-0.05, 0) is 40.2 Å². The van der Waals surface area contributed by atoms with Crippen LogP contribution in [-0.4, -0.2) is 13.4 Å². The number of nitrogens with two attached hydrogens (primary N) is 1. The topological polar surface area (TPSA) is 85.1 Å². The van der Waals surface area contributed by atoms with Crippen molar-refractivity contribution in [1.82, 2.24) is 4.98 Å². The monoisotopic (exact) mass is 379 g/mol. The largest absolute Gasteiger partial charge is 0.398 e. The normalized spacial score (nSPS) is 11.3. The van der Waals surface area contributed by atoms with Crippen LogP contribution in [0.2, 0.25) is 5.02 Å². The van der Waals surface area contributed by atoms with E-state index in [-0.39, 0.29) is 25.9 Å². The van der Waals surface area contributed by atoms with Crippen molar-refractivity contribution in [3.63, 3.8) is 0 Å². The fourth-order valence-electron chi connectivity index (χ4n) is 1.41. The van der Waals surface area contributed by atoms with Crippen LogP contribution < -0.4 is 10.5 Å². The zero-order valence-electron chi connectivity index (χ0n) is 9.77. The molecule has 0 atom stereocenters. The highest BCUT2D eigenvalue weighted by Gasteiger charge is 2.20. The third-order valence-corrected chi connectivity index (χ3v) is 5.03. The molecule has 20 heavy (non-hydrogen) atoms. The van der Waals surface area contributed by atoms with Gasteiger partial charge in [0.25, 0.3) is 10.0 Å². The summed E-state index contributed by atoms with van der Waals surface area (Å²) in [6.07, 6.45) is 0.902. The summed E-state index contributed by atoms with van der Waals surface area (Å²) in [5.41, 5.74) is 5.83. The number of sulfonamides is 1.